The minimum Gasteiger partial charge on any atom is -0.339 e. The minimum atomic E-state index is -0.185. The second kappa shape index (κ2) is 7.79. The van der Waals surface area contributed by atoms with Gasteiger partial charge in [-0.05, 0) is 43.7 Å². The molecule has 0 aliphatic carbocycles. The van der Waals surface area contributed by atoms with Crippen molar-refractivity contribution < 1.29 is 4.39 Å². The first-order chi connectivity index (χ1) is 10.3. The monoisotopic (exact) mass is 286 g/mol. The molecule has 21 heavy (non-hydrogen) atoms. The third kappa shape index (κ3) is 3.82. The molecule has 0 bridgehead atoms. The van der Waals surface area contributed by atoms with Crippen molar-refractivity contribution in [3.8, 4) is 0 Å². The maximum atomic E-state index is 14.1. The number of hydrogen-bond donors (Lipinski definition) is 1. The molecule has 3 heteroatoms. The van der Waals surface area contributed by atoms with Gasteiger partial charge in [-0.15, -0.1) is 0 Å². The summed E-state index contributed by atoms with van der Waals surface area (Å²) in [5.41, 5.74) is 2.88. The van der Waals surface area contributed by atoms with Crippen molar-refractivity contribution in [3.05, 3.63) is 59.9 Å². The summed E-state index contributed by atoms with van der Waals surface area (Å²) in [5, 5.41) is 3.42. The van der Waals surface area contributed by atoms with Gasteiger partial charge in [-0.1, -0.05) is 37.3 Å². The maximum Gasteiger partial charge on any atom is 0.146 e. The van der Waals surface area contributed by atoms with Gasteiger partial charge in [0.1, 0.15) is 5.82 Å². The summed E-state index contributed by atoms with van der Waals surface area (Å²) >= 11 is 0. The number of benzene rings is 2. The Hall–Kier alpha value is -1.87. The van der Waals surface area contributed by atoms with Crippen LogP contribution >= 0.6 is 0 Å². The molecule has 0 saturated heterocycles. The normalized spacial score (nSPS) is 10.6. The summed E-state index contributed by atoms with van der Waals surface area (Å²) in [6.45, 7) is 6.71. The quantitative estimate of drug-likeness (QED) is 0.755. The van der Waals surface area contributed by atoms with Gasteiger partial charge in [0, 0.05) is 18.8 Å². The van der Waals surface area contributed by atoms with E-state index in [4.69, 9.17) is 0 Å². The molecular weight excluding hydrogens is 263 g/mol. The predicted molar refractivity (Wildman–Crippen MR) is 87.5 cm³/mol. The summed E-state index contributed by atoms with van der Waals surface area (Å²) in [7, 11) is 0. The van der Waals surface area contributed by atoms with E-state index >= 15 is 0 Å². The molecule has 0 aliphatic heterocycles. The molecule has 2 aromatic carbocycles. The minimum absolute atomic E-state index is 0.185. The summed E-state index contributed by atoms with van der Waals surface area (Å²) in [4.78, 5) is 2.03. The number of halogens is 1. The van der Waals surface area contributed by atoms with Crippen LogP contribution in [0.4, 0.5) is 15.8 Å². The Morgan fingerprint density at radius 3 is 2.29 bits per heavy atom. The molecule has 0 fully saturated rings. The Morgan fingerprint density at radius 2 is 1.62 bits per heavy atom. The molecular formula is C18H23FN2. The fraction of sp³-hybridized carbons (Fsp3) is 0.333. The standard InChI is InChI=1S/C18H23FN2/c1-3-13-20-14-15-9-5-7-11-17(15)21(4-2)18-12-8-6-10-16(18)19/h5-12,20H,3-4,13-14H2,1-2H3. The molecule has 1 N–H and O–H groups in total. The van der Waals surface area contributed by atoms with E-state index in [1.54, 1.807) is 6.07 Å². The van der Waals surface area contributed by atoms with Crippen molar-refractivity contribution >= 4 is 11.4 Å². The zero-order chi connectivity index (χ0) is 15.1. The lowest BCUT2D eigenvalue weighted by atomic mass is 10.1. The highest BCUT2D eigenvalue weighted by atomic mass is 19.1. The van der Waals surface area contributed by atoms with Crippen molar-refractivity contribution in [2.75, 3.05) is 18.0 Å². The van der Waals surface area contributed by atoms with E-state index < -0.39 is 0 Å². The molecule has 0 aromatic heterocycles. The van der Waals surface area contributed by atoms with Gasteiger partial charge in [0.2, 0.25) is 0 Å². The van der Waals surface area contributed by atoms with Gasteiger partial charge in [-0.2, -0.15) is 0 Å². The van der Waals surface area contributed by atoms with Gasteiger partial charge in [0.05, 0.1) is 5.69 Å². The maximum absolute atomic E-state index is 14.1. The van der Waals surface area contributed by atoms with E-state index in [1.807, 2.05) is 36.1 Å². The zero-order valence-electron chi connectivity index (χ0n) is 12.8. The van der Waals surface area contributed by atoms with E-state index in [0.29, 0.717) is 5.69 Å². The van der Waals surface area contributed by atoms with Gasteiger partial charge in [-0.3, -0.25) is 0 Å². The number of hydrogen-bond acceptors (Lipinski definition) is 2. The number of rotatable bonds is 7. The lowest BCUT2D eigenvalue weighted by Gasteiger charge is -2.26. The summed E-state index contributed by atoms with van der Waals surface area (Å²) in [5.74, 6) is -0.185. The van der Waals surface area contributed by atoms with Crippen LogP contribution in [0.3, 0.4) is 0 Å². The molecule has 0 aliphatic rings. The largest absolute Gasteiger partial charge is 0.339 e. The van der Waals surface area contributed by atoms with Gasteiger partial charge < -0.3 is 10.2 Å². The average molecular weight is 286 g/mol. The molecule has 0 heterocycles. The van der Waals surface area contributed by atoms with Gasteiger partial charge in [0.25, 0.3) is 0 Å². The highest BCUT2D eigenvalue weighted by molar-refractivity contribution is 5.66. The van der Waals surface area contributed by atoms with Gasteiger partial charge >= 0.3 is 0 Å². The molecule has 2 rings (SSSR count). The van der Waals surface area contributed by atoms with Crippen LogP contribution in [0.5, 0.6) is 0 Å². The highest BCUT2D eigenvalue weighted by Crippen LogP contribution is 2.30. The number of nitrogens with one attached hydrogen (secondary N) is 1. The van der Waals surface area contributed by atoms with E-state index in [1.165, 1.54) is 11.6 Å². The van der Waals surface area contributed by atoms with Crippen LogP contribution in [-0.2, 0) is 6.54 Å². The van der Waals surface area contributed by atoms with Crippen LogP contribution in [0.15, 0.2) is 48.5 Å². The van der Waals surface area contributed by atoms with E-state index in [0.717, 1.165) is 31.7 Å². The van der Waals surface area contributed by atoms with Gasteiger partial charge in [-0.25, -0.2) is 4.39 Å². The first-order valence-corrected chi connectivity index (χ1v) is 7.58. The van der Waals surface area contributed by atoms with Gasteiger partial charge in [0.15, 0.2) is 0 Å². The fourth-order valence-corrected chi connectivity index (χ4v) is 2.46. The molecule has 0 spiro atoms. The van der Waals surface area contributed by atoms with Crippen LogP contribution < -0.4 is 10.2 Å². The number of para-hydroxylation sites is 2. The summed E-state index contributed by atoms with van der Waals surface area (Å²) in [6, 6.07) is 15.1. The smallest absolute Gasteiger partial charge is 0.146 e. The Labute approximate surface area is 126 Å². The Bertz CT molecular complexity index is 569. The zero-order valence-corrected chi connectivity index (χ0v) is 12.8. The first kappa shape index (κ1) is 15.5. The van der Waals surface area contributed by atoms with E-state index in [9.17, 15) is 4.39 Å². The fourth-order valence-electron chi connectivity index (χ4n) is 2.46. The molecule has 0 amide bonds. The molecule has 2 nitrogen and oxygen atoms in total. The molecule has 2 aromatic rings. The highest BCUT2D eigenvalue weighted by Gasteiger charge is 2.14. The average Bonchev–Trinajstić information content (AvgIpc) is 2.51. The van der Waals surface area contributed by atoms with Crippen molar-refractivity contribution in [2.24, 2.45) is 0 Å². The Morgan fingerprint density at radius 1 is 0.952 bits per heavy atom. The Kier molecular flexibility index (Phi) is 5.76. The number of nitrogens with zero attached hydrogens (tertiary/aromatic N) is 1. The van der Waals surface area contributed by atoms with Crippen LogP contribution in [0, 0.1) is 5.82 Å². The second-order valence-corrected chi connectivity index (χ2v) is 5.00. The number of anilines is 2. The third-order valence-corrected chi connectivity index (χ3v) is 3.48. The van der Waals surface area contributed by atoms with Crippen molar-refractivity contribution in [2.45, 2.75) is 26.8 Å². The van der Waals surface area contributed by atoms with Crippen LogP contribution in [0.25, 0.3) is 0 Å². The Balaban J connectivity index is 2.32. The lowest BCUT2D eigenvalue weighted by Crippen LogP contribution is -2.21. The van der Waals surface area contributed by atoms with Crippen molar-refractivity contribution in [1.82, 2.24) is 5.32 Å². The lowest BCUT2D eigenvalue weighted by molar-refractivity contribution is 0.625. The summed E-state index contributed by atoms with van der Waals surface area (Å²) < 4.78 is 14.1. The predicted octanol–water partition coefficient (Wildman–Crippen LogP) is 4.48. The first-order valence-electron chi connectivity index (χ1n) is 7.58. The molecule has 0 atom stereocenters. The SMILES string of the molecule is CCCNCc1ccccc1N(CC)c1ccccc1F. The second-order valence-electron chi connectivity index (χ2n) is 5.00. The van der Waals surface area contributed by atoms with Crippen molar-refractivity contribution in [1.29, 1.82) is 0 Å². The molecule has 0 radical (unpaired) electrons. The topological polar surface area (TPSA) is 15.3 Å². The van der Waals surface area contributed by atoms with E-state index in [-0.39, 0.29) is 5.82 Å². The summed E-state index contributed by atoms with van der Waals surface area (Å²) in [6.07, 6.45) is 1.10. The molecule has 112 valence electrons. The van der Waals surface area contributed by atoms with Crippen molar-refractivity contribution in [3.63, 3.8) is 0 Å². The molecule has 0 saturated carbocycles. The van der Waals surface area contributed by atoms with Crippen LogP contribution in [0.1, 0.15) is 25.8 Å². The van der Waals surface area contributed by atoms with Crippen LogP contribution in [0.2, 0.25) is 0 Å². The van der Waals surface area contributed by atoms with Crippen LogP contribution in [-0.4, -0.2) is 13.1 Å². The third-order valence-electron chi connectivity index (χ3n) is 3.48. The van der Waals surface area contributed by atoms with E-state index in [2.05, 4.69) is 24.4 Å². The molecule has 0 unspecified atom stereocenters.